The van der Waals surface area contributed by atoms with Crippen LogP contribution in [0.25, 0.3) is 0 Å². The van der Waals surface area contributed by atoms with E-state index >= 15 is 0 Å². The lowest BCUT2D eigenvalue weighted by atomic mass is 10.0. The van der Waals surface area contributed by atoms with Gasteiger partial charge in [0.15, 0.2) is 11.6 Å². The second-order valence-corrected chi connectivity index (χ2v) is 3.16. The van der Waals surface area contributed by atoms with Gasteiger partial charge in [0.25, 0.3) is 0 Å². The topological polar surface area (TPSA) is 55.5 Å². The Hall–Kier alpha value is -0.840. The zero-order chi connectivity index (χ0) is 10.7. The van der Waals surface area contributed by atoms with Gasteiger partial charge in [0.05, 0.1) is 19.3 Å². The maximum Gasteiger partial charge on any atom is 0.165 e. The zero-order valence-electron chi connectivity index (χ0n) is 8.61. The van der Waals surface area contributed by atoms with E-state index in [4.69, 9.17) is 10.5 Å². The molecule has 5 heteroatoms. The smallest absolute Gasteiger partial charge is 0.165 e. The largest absolute Gasteiger partial charge is 0.494 e. The fourth-order valence-corrected chi connectivity index (χ4v) is 1.17. The quantitative estimate of drug-likeness (QED) is 0.838. The Kier molecular flexibility index (Phi) is 5.57. The molecule has 0 saturated carbocycles. The summed E-state index contributed by atoms with van der Waals surface area (Å²) in [6, 6.07) is 3.83. The van der Waals surface area contributed by atoms with Crippen LogP contribution in [-0.2, 0) is 0 Å². The van der Waals surface area contributed by atoms with E-state index in [9.17, 15) is 9.50 Å². The third kappa shape index (κ3) is 3.34. The fourth-order valence-electron chi connectivity index (χ4n) is 1.17. The third-order valence-electron chi connectivity index (χ3n) is 2.08. The maximum absolute atomic E-state index is 13.2. The predicted octanol–water partition coefficient (Wildman–Crippen LogP) is 1.64. The number of hydrogen-bond acceptors (Lipinski definition) is 3. The van der Waals surface area contributed by atoms with Gasteiger partial charge >= 0.3 is 0 Å². The molecule has 3 nitrogen and oxygen atoms in total. The molecule has 1 aromatic rings. The number of hydrogen-bond donors (Lipinski definition) is 2. The molecule has 0 spiro atoms. The fraction of sp³-hybridized carbons (Fsp3) is 0.400. The van der Waals surface area contributed by atoms with Crippen molar-refractivity contribution < 1.29 is 14.2 Å². The molecule has 0 aliphatic heterocycles. The number of nitrogens with two attached hydrogens (primary N) is 1. The molecule has 0 aliphatic rings. The molecule has 0 unspecified atom stereocenters. The Morgan fingerprint density at radius 2 is 2.07 bits per heavy atom. The lowest BCUT2D eigenvalue weighted by Gasteiger charge is -2.15. The molecule has 0 radical (unpaired) electrons. The van der Waals surface area contributed by atoms with E-state index < -0.39 is 18.0 Å². The lowest BCUT2D eigenvalue weighted by molar-refractivity contribution is 0.164. The molecule has 0 saturated heterocycles. The van der Waals surface area contributed by atoms with Gasteiger partial charge in [-0.1, -0.05) is 6.07 Å². The minimum Gasteiger partial charge on any atom is -0.494 e. The number of methoxy groups -OCH3 is 1. The van der Waals surface area contributed by atoms with Crippen molar-refractivity contribution in [2.45, 2.75) is 19.1 Å². The van der Waals surface area contributed by atoms with Crippen LogP contribution in [0.15, 0.2) is 18.2 Å². The van der Waals surface area contributed by atoms with E-state index in [1.807, 2.05) is 0 Å². The highest BCUT2D eigenvalue weighted by Crippen LogP contribution is 2.22. The summed E-state index contributed by atoms with van der Waals surface area (Å²) in [6.07, 6.45) is -0.706. The Balaban J connectivity index is 0.00000196. The zero-order valence-corrected chi connectivity index (χ0v) is 9.42. The molecule has 0 fully saturated rings. The highest BCUT2D eigenvalue weighted by Gasteiger charge is 2.13. The number of ether oxygens (including phenoxy) is 1. The van der Waals surface area contributed by atoms with Crippen molar-refractivity contribution in [3.05, 3.63) is 29.6 Å². The lowest BCUT2D eigenvalue weighted by Crippen LogP contribution is -2.23. The molecule has 0 heterocycles. The standard InChI is InChI=1S/C10H14FNO2.ClH/c1-6(13)10(12)7-3-4-9(14-2)8(11)5-7;/h3-6,10,13H,12H2,1-2H3;1H/t6-,10-;/m0./s1. The van der Waals surface area contributed by atoms with Crippen molar-refractivity contribution in [2.24, 2.45) is 5.73 Å². The summed E-state index contributed by atoms with van der Waals surface area (Å²) >= 11 is 0. The Labute approximate surface area is 94.5 Å². The molecule has 0 aliphatic carbocycles. The molecular formula is C10H15ClFNO2. The Bertz CT molecular complexity index is 320. The maximum atomic E-state index is 13.2. The van der Waals surface area contributed by atoms with Crippen molar-refractivity contribution in [3.8, 4) is 5.75 Å². The first-order chi connectivity index (χ1) is 6.56. The van der Waals surface area contributed by atoms with E-state index in [0.29, 0.717) is 5.56 Å². The highest BCUT2D eigenvalue weighted by molar-refractivity contribution is 5.85. The first-order valence-corrected chi connectivity index (χ1v) is 4.33. The van der Waals surface area contributed by atoms with E-state index in [-0.39, 0.29) is 18.2 Å². The van der Waals surface area contributed by atoms with Gasteiger partial charge in [-0.2, -0.15) is 0 Å². The van der Waals surface area contributed by atoms with Crippen molar-refractivity contribution >= 4 is 12.4 Å². The van der Waals surface area contributed by atoms with Gasteiger partial charge in [-0.05, 0) is 24.6 Å². The summed E-state index contributed by atoms with van der Waals surface area (Å²) in [5, 5.41) is 9.21. The van der Waals surface area contributed by atoms with Crippen LogP contribution in [0.4, 0.5) is 4.39 Å². The van der Waals surface area contributed by atoms with Crippen LogP contribution in [0.3, 0.4) is 0 Å². The second kappa shape index (κ2) is 5.90. The molecule has 0 amide bonds. The molecule has 2 atom stereocenters. The molecule has 0 aromatic heterocycles. The van der Waals surface area contributed by atoms with E-state index in [2.05, 4.69) is 0 Å². The van der Waals surface area contributed by atoms with Crippen LogP contribution in [-0.4, -0.2) is 18.3 Å². The number of benzene rings is 1. The van der Waals surface area contributed by atoms with Crippen LogP contribution in [0, 0.1) is 5.82 Å². The van der Waals surface area contributed by atoms with Crippen molar-refractivity contribution in [2.75, 3.05) is 7.11 Å². The number of halogens is 2. The summed E-state index contributed by atoms with van der Waals surface area (Å²) in [6.45, 7) is 1.56. The molecular weight excluding hydrogens is 221 g/mol. The van der Waals surface area contributed by atoms with E-state index in [1.165, 1.54) is 19.2 Å². The highest BCUT2D eigenvalue weighted by atomic mass is 35.5. The van der Waals surface area contributed by atoms with Gasteiger partial charge in [0.2, 0.25) is 0 Å². The van der Waals surface area contributed by atoms with Crippen LogP contribution < -0.4 is 10.5 Å². The molecule has 86 valence electrons. The molecule has 3 N–H and O–H groups in total. The number of aliphatic hydroxyl groups excluding tert-OH is 1. The van der Waals surface area contributed by atoms with Crippen LogP contribution in [0.2, 0.25) is 0 Å². The third-order valence-corrected chi connectivity index (χ3v) is 2.08. The summed E-state index contributed by atoms with van der Waals surface area (Å²) in [4.78, 5) is 0. The predicted molar refractivity (Wildman–Crippen MR) is 58.8 cm³/mol. The average molecular weight is 236 g/mol. The summed E-state index contributed by atoms with van der Waals surface area (Å²) in [7, 11) is 1.40. The normalized spacial score (nSPS) is 13.9. The summed E-state index contributed by atoms with van der Waals surface area (Å²) < 4.78 is 18.0. The van der Waals surface area contributed by atoms with Gasteiger partial charge in [0.1, 0.15) is 0 Å². The first kappa shape index (κ1) is 14.2. The van der Waals surface area contributed by atoms with Gasteiger partial charge in [-0.3, -0.25) is 0 Å². The van der Waals surface area contributed by atoms with Crippen LogP contribution >= 0.6 is 12.4 Å². The molecule has 15 heavy (non-hydrogen) atoms. The van der Waals surface area contributed by atoms with Crippen LogP contribution in [0.1, 0.15) is 18.5 Å². The molecule has 1 rings (SSSR count). The molecule has 1 aromatic carbocycles. The van der Waals surface area contributed by atoms with Gasteiger partial charge in [0, 0.05) is 0 Å². The Morgan fingerprint density at radius 1 is 1.47 bits per heavy atom. The van der Waals surface area contributed by atoms with Crippen molar-refractivity contribution in [3.63, 3.8) is 0 Å². The summed E-state index contributed by atoms with van der Waals surface area (Å²) in [5.74, 6) is -0.298. The SMILES string of the molecule is COc1ccc([C@@H](N)[C@H](C)O)cc1F.Cl. The van der Waals surface area contributed by atoms with E-state index in [1.54, 1.807) is 13.0 Å². The van der Waals surface area contributed by atoms with Crippen molar-refractivity contribution in [1.82, 2.24) is 0 Å². The second-order valence-electron chi connectivity index (χ2n) is 3.16. The number of rotatable bonds is 3. The van der Waals surface area contributed by atoms with Gasteiger partial charge < -0.3 is 15.6 Å². The van der Waals surface area contributed by atoms with Crippen LogP contribution in [0.5, 0.6) is 5.75 Å². The van der Waals surface area contributed by atoms with Gasteiger partial charge in [-0.25, -0.2) is 4.39 Å². The van der Waals surface area contributed by atoms with E-state index in [0.717, 1.165) is 0 Å². The number of aliphatic hydroxyl groups is 1. The first-order valence-electron chi connectivity index (χ1n) is 4.33. The van der Waals surface area contributed by atoms with Crippen molar-refractivity contribution in [1.29, 1.82) is 0 Å². The van der Waals surface area contributed by atoms with Gasteiger partial charge in [-0.15, -0.1) is 12.4 Å². The average Bonchev–Trinajstić information content (AvgIpc) is 2.16. The molecule has 0 bridgehead atoms. The minimum absolute atomic E-state index is 0. The monoisotopic (exact) mass is 235 g/mol. The minimum atomic E-state index is -0.706. The summed E-state index contributed by atoms with van der Waals surface area (Å²) in [5.41, 5.74) is 6.19. The Morgan fingerprint density at radius 3 is 2.47 bits per heavy atom.